The maximum atomic E-state index is 11.8. The van der Waals surface area contributed by atoms with Gasteiger partial charge in [0.05, 0.1) is 12.1 Å². The predicted octanol–water partition coefficient (Wildman–Crippen LogP) is 0.692. The topological polar surface area (TPSA) is 62.5 Å². The van der Waals surface area contributed by atoms with Gasteiger partial charge in [0.2, 0.25) is 5.91 Å². The molecule has 1 aliphatic heterocycles. The molecule has 6 heteroatoms. The number of anilines is 1. The number of amides is 1. The van der Waals surface area contributed by atoms with Gasteiger partial charge in [0, 0.05) is 32.5 Å². The first-order valence-electron chi connectivity index (χ1n) is 6.54. The van der Waals surface area contributed by atoms with Crippen LogP contribution >= 0.6 is 0 Å². The summed E-state index contributed by atoms with van der Waals surface area (Å²) in [5.41, 5.74) is 0.986. The number of aromatic nitrogens is 3. The zero-order valence-electron chi connectivity index (χ0n) is 10.9. The molecule has 3 heterocycles. The Morgan fingerprint density at radius 3 is 3.21 bits per heavy atom. The molecule has 0 bridgehead atoms. The number of carbonyl (C=O) groups is 1. The molecule has 0 aromatic carbocycles. The van der Waals surface area contributed by atoms with Crippen LogP contribution in [-0.2, 0) is 4.79 Å². The minimum atomic E-state index is 0.0451. The van der Waals surface area contributed by atoms with E-state index >= 15 is 0 Å². The van der Waals surface area contributed by atoms with Crippen molar-refractivity contribution in [2.24, 2.45) is 5.92 Å². The average Bonchev–Trinajstić information content (AvgIpc) is 2.94. The Morgan fingerprint density at radius 1 is 1.47 bits per heavy atom. The molecule has 2 aromatic rings. The van der Waals surface area contributed by atoms with E-state index in [1.807, 2.05) is 16.8 Å². The highest BCUT2D eigenvalue weighted by Gasteiger charge is 2.26. The quantitative estimate of drug-likeness (QED) is 0.862. The zero-order valence-corrected chi connectivity index (χ0v) is 10.9. The first-order chi connectivity index (χ1) is 9.29. The third kappa shape index (κ3) is 2.14. The van der Waals surface area contributed by atoms with Crippen LogP contribution in [0, 0.1) is 5.92 Å². The molecule has 0 saturated carbocycles. The van der Waals surface area contributed by atoms with Gasteiger partial charge in [-0.25, -0.2) is 9.50 Å². The fraction of sp³-hybridized carbons (Fsp3) is 0.462. The molecule has 1 fully saturated rings. The van der Waals surface area contributed by atoms with E-state index in [4.69, 9.17) is 0 Å². The van der Waals surface area contributed by atoms with E-state index in [2.05, 4.69) is 20.3 Å². The van der Waals surface area contributed by atoms with E-state index in [0.717, 1.165) is 37.3 Å². The van der Waals surface area contributed by atoms with Crippen LogP contribution in [0.4, 0.5) is 5.82 Å². The van der Waals surface area contributed by atoms with E-state index in [-0.39, 0.29) is 11.8 Å². The smallest absolute Gasteiger partial charge is 0.224 e. The lowest BCUT2D eigenvalue weighted by molar-refractivity contribution is -0.124. The van der Waals surface area contributed by atoms with Crippen molar-refractivity contribution in [3.8, 4) is 0 Å². The molecule has 100 valence electrons. The van der Waals surface area contributed by atoms with Crippen molar-refractivity contribution < 1.29 is 4.79 Å². The van der Waals surface area contributed by atoms with Crippen molar-refractivity contribution >= 4 is 17.2 Å². The van der Waals surface area contributed by atoms with Crippen LogP contribution in [0.1, 0.15) is 12.8 Å². The van der Waals surface area contributed by atoms with Gasteiger partial charge >= 0.3 is 0 Å². The number of nitrogens with one attached hydrogen (secondary N) is 1. The third-order valence-corrected chi connectivity index (χ3v) is 3.64. The number of hydrogen-bond acceptors (Lipinski definition) is 4. The standard InChI is InChI=1S/C13H17N5O/c1-14-13(19)10-3-2-7-17(9-10)12-11-4-5-16-18(11)8-6-15-12/h4-6,8,10H,2-3,7,9H2,1H3,(H,14,19). The summed E-state index contributed by atoms with van der Waals surface area (Å²) in [6, 6.07) is 1.95. The van der Waals surface area contributed by atoms with Gasteiger partial charge in [-0.3, -0.25) is 4.79 Å². The highest BCUT2D eigenvalue weighted by atomic mass is 16.1. The molecule has 2 aromatic heterocycles. The molecule has 3 rings (SSSR count). The third-order valence-electron chi connectivity index (χ3n) is 3.64. The lowest BCUT2D eigenvalue weighted by Gasteiger charge is -2.32. The summed E-state index contributed by atoms with van der Waals surface area (Å²) in [7, 11) is 1.69. The SMILES string of the molecule is CNC(=O)C1CCCN(c2nccn3nccc23)C1. The fourth-order valence-electron chi connectivity index (χ4n) is 2.67. The van der Waals surface area contributed by atoms with Gasteiger partial charge in [-0.2, -0.15) is 5.10 Å². The molecular formula is C13H17N5O. The molecule has 1 saturated heterocycles. The number of carbonyl (C=O) groups excluding carboxylic acids is 1. The second kappa shape index (κ2) is 4.87. The monoisotopic (exact) mass is 259 g/mol. The predicted molar refractivity (Wildman–Crippen MR) is 72.0 cm³/mol. The summed E-state index contributed by atoms with van der Waals surface area (Å²) < 4.78 is 1.81. The highest BCUT2D eigenvalue weighted by molar-refractivity contribution is 5.79. The van der Waals surface area contributed by atoms with Crippen molar-refractivity contribution in [3.63, 3.8) is 0 Å². The molecule has 19 heavy (non-hydrogen) atoms. The molecular weight excluding hydrogens is 242 g/mol. The summed E-state index contributed by atoms with van der Waals surface area (Å²) in [6.07, 6.45) is 7.30. The average molecular weight is 259 g/mol. The highest BCUT2D eigenvalue weighted by Crippen LogP contribution is 2.24. The summed E-state index contributed by atoms with van der Waals surface area (Å²) in [5, 5.41) is 6.95. The van der Waals surface area contributed by atoms with E-state index in [1.54, 1.807) is 19.4 Å². The Morgan fingerprint density at radius 2 is 2.37 bits per heavy atom. The van der Waals surface area contributed by atoms with Crippen LogP contribution in [0.25, 0.3) is 5.52 Å². The first kappa shape index (κ1) is 12.0. The summed E-state index contributed by atoms with van der Waals surface area (Å²) >= 11 is 0. The molecule has 1 N–H and O–H groups in total. The second-order valence-electron chi connectivity index (χ2n) is 4.81. The van der Waals surface area contributed by atoms with Crippen LogP contribution in [-0.4, -0.2) is 40.6 Å². The number of piperidine rings is 1. The van der Waals surface area contributed by atoms with Crippen molar-refractivity contribution in [1.82, 2.24) is 19.9 Å². The van der Waals surface area contributed by atoms with Gasteiger partial charge in [-0.1, -0.05) is 0 Å². The van der Waals surface area contributed by atoms with E-state index in [0.29, 0.717) is 0 Å². The largest absolute Gasteiger partial charge is 0.359 e. The second-order valence-corrected chi connectivity index (χ2v) is 4.81. The summed E-state index contributed by atoms with van der Waals surface area (Å²) in [5.74, 6) is 1.07. The molecule has 1 aliphatic rings. The van der Waals surface area contributed by atoms with Gasteiger partial charge < -0.3 is 10.2 Å². The minimum absolute atomic E-state index is 0.0451. The Hall–Kier alpha value is -2.11. The molecule has 0 radical (unpaired) electrons. The van der Waals surface area contributed by atoms with Gasteiger partial charge in [0.15, 0.2) is 5.82 Å². The van der Waals surface area contributed by atoms with Crippen molar-refractivity contribution in [2.75, 3.05) is 25.0 Å². The van der Waals surface area contributed by atoms with Gasteiger partial charge in [0.25, 0.3) is 0 Å². The molecule has 1 unspecified atom stereocenters. The molecule has 0 spiro atoms. The summed E-state index contributed by atoms with van der Waals surface area (Å²) in [6.45, 7) is 1.66. The Bertz CT molecular complexity index is 593. The lowest BCUT2D eigenvalue weighted by Crippen LogP contribution is -2.42. The molecule has 1 atom stereocenters. The molecule has 1 amide bonds. The van der Waals surface area contributed by atoms with Crippen molar-refractivity contribution in [2.45, 2.75) is 12.8 Å². The minimum Gasteiger partial charge on any atom is -0.359 e. The number of fused-ring (bicyclic) bond motifs is 1. The normalized spacial score (nSPS) is 19.6. The first-order valence-corrected chi connectivity index (χ1v) is 6.54. The van der Waals surface area contributed by atoms with Crippen molar-refractivity contribution in [1.29, 1.82) is 0 Å². The lowest BCUT2D eigenvalue weighted by atomic mass is 9.97. The maximum absolute atomic E-state index is 11.8. The molecule has 6 nitrogen and oxygen atoms in total. The van der Waals surface area contributed by atoms with Gasteiger partial charge in [-0.05, 0) is 18.9 Å². The Labute approximate surface area is 111 Å². The zero-order chi connectivity index (χ0) is 13.2. The number of rotatable bonds is 2. The van der Waals surface area contributed by atoms with E-state index in [1.165, 1.54) is 0 Å². The molecule has 0 aliphatic carbocycles. The van der Waals surface area contributed by atoms with E-state index < -0.39 is 0 Å². The van der Waals surface area contributed by atoms with Crippen LogP contribution in [0.2, 0.25) is 0 Å². The van der Waals surface area contributed by atoms with Crippen LogP contribution in [0.3, 0.4) is 0 Å². The van der Waals surface area contributed by atoms with Crippen LogP contribution < -0.4 is 10.2 Å². The van der Waals surface area contributed by atoms with Gasteiger partial charge in [-0.15, -0.1) is 0 Å². The van der Waals surface area contributed by atoms with Gasteiger partial charge in [0.1, 0.15) is 5.52 Å². The summed E-state index contributed by atoms with van der Waals surface area (Å²) in [4.78, 5) is 18.4. The number of nitrogens with zero attached hydrogens (tertiary/aromatic N) is 4. The van der Waals surface area contributed by atoms with Crippen LogP contribution in [0.5, 0.6) is 0 Å². The maximum Gasteiger partial charge on any atom is 0.224 e. The van der Waals surface area contributed by atoms with Crippen molar-refractivity contribution in [3.05, 3.63) is 24.7 Å². The van der Waals surface area contributed by atoms with Crippen LogP contribution in [0.15, 0.2) is 24.7 Å². The fourth-order valence-corrected chi connectivity index (χ4v) is 2.67. The Kier molecular flexibility index (Phi) is 3.06. The number of hydrogen-bond donors (Lipinski definition) is 1. The van der Waals surface area contributed by atoms with E-state index in [9.17, 15) is 4.79 Å². The Balaban J connectivity index is 1.89.